The van der Waals surface area contributed by atoms with Crippen LogP contribution in [0.4, 0.5) is 0 Å². The molecule has 0 unspecified atom stereocenters. The van der Waals surface area contributed by atoms with E-state index in [1.54, 1.807) is 0 Å². The molecule has 2 nitrogen and oxygen atoms in total. The predicted molar refractivity (Wildman–Crippen MR) is 81.6 cm³/mol. The smallest absolute Gasteiger partial charge is 0.303 e. The molecular formula is C18H20O2. The van der Waals surface area contributed by atoms with Crippen LogP contribution in [-0.4, -0.2) is 11.1 Å². The number of hydrogen-bond donors (Lipinski definition) is 1. The average Bonchev–Trinajstić information content (AvgIpc) is 2.46. The SMILES string of the molecule is C[C@@H](CCc1ccc(-c2ccccc2)cc1)CC(=O)O. The molecule has 0 spiro atoms. The van der Waals surface area contributed by atoms with Crippen molar-refractivity contribution in [2.24, 2.45) is 5.92 Å². The first-order valence-electron chi connectivity index (χ1n) is 7.01. The first-order valence-corrected chi connectivity index (χ1v) is 7.01. The molecule has 0 radical (unpaired) electrons. The topological polar surface area (TPSA) is 37.3 Å². The van der Waals surface area contributed by atoms with Crippen LogP contribution in [0.15, 0.2) is 54.6 Å². The molecule has 0 fully saturated rings. The van der Waals surface area contributed by atoms with E-state index >= 15 is 0 Å². The van der Waals surface area contributed by atoms with Gasteiger partial charge in [0.15, 0.2) is 0 Å². The highest BCUT2D eigenvalue weighted by Gasteiger charge is 2.07. The van der Waals surface area contributed by atoms with Gasteiger partial charge in [-0.3, -0.25) is 4.79 Å². The van der Waals surface area contributed by atoms with E-state index in [1.807, 2.05) is 25.1 Å². The number of carbonyl (C=O) groups is 1. The van der Waals surface area contributed by atoms with Crippen molar-refractivity contribution in [3.63, 3.8) is 0 Å². The van der Waals surface area contributed by atoms with E-state index in [-0.39, 0.29) is 12.3 Å². The van der Waals surface area contributed by atoms with Gasteiger partial charge in [0.1, 0.15) is 0 Å². The summed E-state index contributed by atoms with van der Waals surface area (Å²) in [7, 11) is 0. The summed E-state index contributed by atoms with van der Waals surface area (Å²) in [5, 5.41) is 8.74. The fourth-order valence-corrected chi connectivity index (χ4v) is 2.31. The summed E-state index contributed by atoms with van der Waals surface area (Å²) in [5.41, 5.74) is 3.70. The van der Waals surface area contributed by atoms with E-state index in [0.717, 1.165) is 12.8 Å². The van der Waals surface area contributed by atoms with E-state index in [4.69, 9.17) is 5.11 Å². The fraction of sp³-hybridized carbons (Fsp3) is 0.278. The number of benzene rings is 2. The van der Waals surface area contributed by atoms with E-state index in [2.05, 4.69) is 36.4 Å². The molecule has 0 bridgehead atoms. The van der Waals surface area contributed by atoms with Crippen molar-refractivity contribution in [3.05, 3.63) is 60.2 Å². The van der Waals surface area contributed by atoms with Gasteiger partial charge in [-0.05, 0) is 35.4 Å². The maximum Gasteiger partial charge on any atom is 0.303 e. The molecule has 2 aromatic rings. The zero-order chi connectivity index (χ0) is 14.4. The molecule has 0 saturated heterocycles. The summed E-state index contributed by atoms with van der Waals surface area (Å²) < 4.78 is 0. The van der Waals surface area contributed by atoms with Crippen molar-refractivity contribution in [2.75, 3.05) is 0 Å². The minimum atomic E-state index is -0.711. The third kappa shape index (κ3) is 4.23. The zero-order valence-electron chi connectivity index (χ0n) is 11.8. The number of carboxylic acids is 1. The molecular weight excluding hydrogens is 248 g/mol. The third-order valence-electron chi connectivity index (χ3n) is 3.51. The first-order chi connectivity index (χ1) is 9.65. The minimum Gasteiger partial charge on any atom is -0.481 e. The van der Waals surface area contributed by atoms with Crippen LogP contribution < -0.4 is 0 Å². The summed E-state index contributed by atoms with van der Waals surface area (Å²) in [5.74, 6) is -0.488. The van der Waals surface area contributed by atoms with Crippen molar-refractivity contribution >= 4 is 5.97 Å². The second kappa shape index (κ2) is 6.90. The standard InChI is InChI=1S/C18H20O2/c1-14(13-18(19)20)7-8-15-9-11-17(12-10-15)16-5-3-2-4-6-16/h2-6,9-12,14H,7-8,13H2,1H3,(H,19,20)/t14-/m0/s1. The molecule has 1 atom stereocenters. The Morgan fingerprint density at radius 1 is 1.00 bits per heavy atom. The van der Waals surface area contributed by atoms with Gasteiger partial charge in [0.05, 0.1) is 0 Å². The van der Waals surface area contributed by atoms with Crippen LogP contribution in [0.25, 0.3) is 11.1 Å². The lowest BCUT2D eigenvalue weighted by Gasteiger charge is -2.09. The Morgan fingerprint density at radius 2 is 1.60 bits per heavy atom. The number of rotatable bonds is 6. The van der Waals surface area contributed by atoms with Crippen molar-refractivity contribution in [1.29, 1.82) is 0 Å². The van der Waals surface area contributed by atoms with Gasteiger partial charge < -0.3 is 5.11 Å². The van der Waals surface area contributed by atoms with Crippen LogP contribution in [0.5, 0.6) is 0 Å². The summed E-state index contributed by atoms with van der Waals surface area (Å²) in [4.78, 5) is 10.6. The molecule has 0 heterocycles. The largest absolute Gasteiger partial charge is 0.481 e. The monoisotopic (exact) mass is 268 g/mol. The molecule has 0 aliphatic rings. The molecule has 20 heavy (non-hydrogen) atoms. The van der Waals surface area contributed by atoms with Gasteiger partial charge in [-0.25, -0.2) is 0 Å². The van der Waals surface area contributed by atoms with Crippen molar-refractivity contribution < 1.29 is 9.90 Å². The van der Waals surface area contributed by atoms with Crippen LogP contribution >= 0.6 is 0 Å². The molecule has 0 aromatic heterocycles. The highest BCUT2D eigenvalue weighted by atomic mass is 16.4. The molecule has 2 heteroatoms. The van der Waals surface area contributed by atoms with Gasteiger partial charge in [-0.15, -0.1) is 0 Å². The van der Waals surface area contributed by atoms with E-state index < -0.39 is 5.97 Å². The third-order valence-corrected chi connectivity index (χ3v) is 3.51. The van der Waals surface area contributed by atoms with Gasteiger partial charge >= 0.3 is 5.97 Å². The fourth-order valence-electron chi connectivity index (χ4n) is 2.31. The van der Waals surface area contributed by atoms with Gasteiger partial charge in [-0.1, -0.05) is 61.5 Å². The lowest BCUT2D eigenvalue weighted by atomic mass is 9.97. The highest BCUT2D eigenvalue weighted by Crippen LogP contribution is 2.20. The molecule has 0 aliphatic heterocycles. The van der Waals surface area contributed by atoms with Gasteiger partial charge in [-0.2, -0.15) is 0 Å². The van der Waals surface area contributed by atoms with Crippen molar-refractivity contribution in [1.82, 2.24) is 0 Å². The van der Waals surface area contributed by atoms with E-state index in [1.165, 1.54) is 16.7 Å². The van der Waals surface area contributed by atoms with Crippen LogP contribution in [0.3, 0.4) is 0 Å². The highest BCUT2D eigenvalue weighted by molar-refractivity contribution is 5.67. The predicted octanol–water partition coefficient (Wildman–Crippen LogP) is 4.40. The number of aliphatic carboxylic acids is 1. The van der Waals surface area contributed by atoms with Gasteiger partial charge in [0, 0.05) is 6.42 Å². The average molecular weight is 268 g/mol. The lowest BCUT2D eigenvalue weighted by molar-refractivity contribution is -0.138. The Bertz CT molecular complexity index is 543. The molecule has 0 aliphatic carbocycles. The zero-order valence-corrected chi connectivity index (χ0v) is 11.8. The van der Waals surface area contributed by atoms with Crippen molar-refractivity contribution in [2.45, 2.75) is 26.2 Å². The molecule has 1 N–H and O–H groups in total. The first kappa shape index (κ1) is 14.3. The molecule has 2 aromatic carbocycles. The second-order valence-electron chi connectivity index (χ2n) is 5.30. The van der Waals surface area contributed by atoms with Crippen LogP contribution in [0.1, 0.15) is 25.3 Å². The quantitative estimate of drug-likeness (QED) is 0.843. The summed E-state index contributed by atoms with van der Waals surface area (Å²) in [6.45, 7) is 1.99. The Kier molecular flexibility index (Phi) is 4.94. The molecule has 2 rings (SSSR count). The van der Waals surface area contributed by atoms with Crippen LogP contribution in [0.2, 0.25) is 0 Å². The van der Waals surface area contributed by atoms with Gasteiger partial charge in [0.2, 0.25) is 0 Å². The Hall–Kier alpha value is -2.09. The second-order valence-corrected chi connectivity index (χ2v) is 5.30. The maximum absolute atomic E-state index is 10.6. The molecule has 0 saturated carbocycles. The van der Waals surface area contributed by atoms with E-state index in [0.29, 0.717) is 0 Å². The summed E-state index contributed by atoms with van der Waals surface area (Å²) in [6.07, 6.45) is 2.10. The number of carboxylic acid groups (broad SMARTS) is 1. The normalized spacial score (nSPS) is 12.1. The minimum absolute atomic E-state index is 0.223. The maximum atomic E-state index is 10.6. The summed E-state index contributed by atoms with van der Waals surface area (Å²) in [6, 6.07) is 18.8. The van der Waals surface area contributed by atoms with Gasteiger partial charge in [0.25, 0.3) is 0 Å². The van der Waals surface area contributed by atoms with Crippen molar-refractivity contribution in [3.8, 4) is 11.1 Å². The number of hydrogen-bond acceptors (Lipinski definition) is 1. The molecule has 104 valence electrons. The number of aryl methyl sites for hydroxylation is 1. The Labute approximate surface area is 120 Å². The molecule has 0 amide bonds. The Morgan fingerprint density at radius 3 is 2.20 bits per heavy atom. The van der Waals surface area contributed by atoms with Crippen LogP contribution in [0, 0.1) is 5.92 Å². The Balaban J connectivity index is 1.94. The van der Waals surface area contributed by atoms with E-state index in [9.17, 15) is 4.79 Å². The lowest BCUT2D eigenvalue weighted by Crippen LogP contribution is -2.05. The summed E-state index contributed by atoms with van der Waals surface area (Å²) >= 11 is 0. The van der Waals surface area contributed by atoms with Crippen LogP contribution in [-0.2, 0) is 11.2 Å².